The van der Waals surface area contributed by atoms with Crippen molar-refractivity contribution in [1.29, 1.82) is 0 Å². The van der Waals surface area contributed by atoms with Crippen LogP contribution in [0.3, 0.4) is 0 Å². The quantitative estimate of drug-likeness (QED) is 0.243. The molecule has 0 fully saturated rings. The van der Waals surface area contributed by atoms with E-state index in [2.05, 4.69) is 29.6 Å². The lowest BCUT2D eigenvalue weighted by atomic mass is 9.82. The number of nitrogens with one attached hydrogen (secondary N) is 1. The van der Waals surface area contributed by atoms with Crippen LogP contribution in [0.15, 0.2) is 72.8 Å². The second-order valence-electron chi connectivity index (χ2n) is 11.4. The zero-order chi connectivity index (χ0) is 29.1. The molecule has 1 aliphatic carbocycles. The van der Waals surface area contributed by atoms with E-state index < -0.39 is 23.5 Å². The molecular weight excluding hydrogens is 516 g/mol. The number of amides is 1. The molecule has 3 aromatic carbocycles. The van der Waals surface area contributed by atoms with Crippen molar-refractivity contribution in [3.05, 3.63) is 89.7 Å². The van der Waals surface area contributed by atoms with Crippen LogP contribution in [0.2, 0.25) is 0 Å². The average Bonchev–Trinajstić information content (AvgIpc) is 3.47. The summed E-state index contributed by atoms with van der Waals surface area (Å²) < 4.78 is 7.97. The molecule has 8 nitrogen and oxygen atoms in total. The van der Waals surface area contributed by atoms with Gasteiger partial charge in [0.25, 0.3) is 0 Å². The van der Waals surface area contributed by atoms with E-state index >= 15 is 0 Å². The second-order valence-corrected chi connectivity index (χ2v) is 11.4. The van der Waals surface area contributed by atoms with E-state index in [1.807, 2.05) is 80.9 Å². The van der Waals surface area contributed by atoms with E-state index in [9.17, 15) is 14.7 Å². The topological polar surface area (TPSA) is 96.7 Å². The summed E-state index contributed by atoms with van der Waals surface area (Å²) in [6.07, 6.45) is 0.245. The van der Waals surface area contributed by atoms with Crippen molar-refractivity contribution < 1.29 is 19.4 Å². The van der Waals surface area contributed by atoms with Gasteiger partial charge in [0, 0.05) is 26.1 Å². The molecule has 41 heavy (non-hydrogen) atoms. The number of nitrogens with zero attached hydrogens (tertiary/aromatic N) is 3. The number of carbonyl (C=O) groups excluding carboxylic acids is 1. The molecule has 0 spiro atoms. The van der Waals surface area contributed by atoms with Crippen LogP contribution in [0.25, 0.3) is 22.2 Å². The van der Waals surface area contributed by atoms with Gasteiger partial charge in [0.2, 0.25) is 0 Å². The van der Waals surface area contributed by atoms with Crippen LogP contribution in [0.1, 0.15) is 50.1 Å². The maximum Gasteiger partial charge on any atom is 0.410 e. The van der Waals surface area contributed by atoms with Crippen LogP contribution < -0.4 is 5.32 Å². The lowest BCUT2D eigenvalue weighted by Crippen LogP contribution is -2.50. The first-order valence-corrected chi connectivity index (χ1v) is 14.2. The highest BCUT2D eigenvalue weighted by atomic mass is 16.6. The van der Waals surface area contributed by atoms with Crippen molar-refractivity contribution in [3.8, 4) is 11.1 Å². The van der Waals surface area contributed by atoms with E-state index in [4.69, 9.17) is 9.72 Å². The molecule has 1 aliphatic rings. The number of rotatable bonds is 11. The fourth-order valence-corrected chi connectivity index (χ4v) is 5.67. The number of imidazole rings is 1. The van der Waals surface area contributed by atoms with Crippen LogP contribution in [0.4, 0.5) is 4.79 Å². The Morgan fingerprint density at radius 2 is 1.63 bits per heavy atom. The number of hydrogen-bond acceptors (Lipinski definition) is 5. The molecule has 2 N–H and O–H groups in total. The average molecular weight is 555 g/mol. The van der Waals surface area contributed by atoms with E-state index in [1.54, 1.807) is 4.90 Å². The Morgan fingerprint density at radius 1 is 1.02 bits per heavy atom. The van der Waals surface area contributed by atoms with Crippen LogP contribution in [-0.2, 0) is 23.1 Å². The van der Waals surface area contributed by atoms with Crippen molar-refractivity contribution in [1.82, 2.24) is 19.8 Å². The number of ether oxygens (including phenoxy) is 1. The molecule has 1 aromatic heterocycles. The van der Waals surface area contributed by atoms with Crippen molar-refractivity contribution in [2.45, 2.75) is 45.7 Å². The van der Waals surface area contributed by atoms with Crippen LogP contribution in [0.5, 0.6) is 0 Å². The minimum Gasteiger partial charge on any atom is -0.480 e. The highest BCUT2D eigenvalue weighted by Gasteiger charge is 2.34. The number of aryl methyl sites for hydroxylation is 1. The number of aromatic nitrogens is 2. The first-order valence-electron chi connectivity index (χ1n) is 14.2. The minimum absolute atomic E-state index is 0.0520. The SMILES string of the molecule is CCC(C)(C)[C@H](NCCN(Cc1nc2ccccc2n1C)C(=O)OCC1c2ccccc2-c2ccccc21)C(=O)O. The summed E-state index contributed by atoms with van der Waals surface area (Å²) in [5.41, 5.74) is 6.02. The lowest BCUT2D eigenvalue weighted by Gasteiger charge is -2.32. The minimum atomic E-state index is -0.903. The summed E-state index contributed by atoms with van der Waals surface area (Å²) in [6.45, 7) is 6.85. The molecule has 0 radical (unpaired) electrons. The third-order valence-electron chi connectivity index (χ3n) is 8.48. The Kier molecular flexibility index (Phi) is 8.13. The summed E-state index contributed by atoms with van der Waals surface area (Å²) >= 11 is 0. The van der Waals surface area contributed by atoms with Gasteiger partial charge in [0.15, 0.2) is 0 Å². The number of hydrogen-bond donors (Lipinski definition) is 2. The number of para-hydroxylation sites is 2. The Labute approximate surface area is 241 Å². The zero-order valence-corrected chi connectivity index (χ0v) is 24.1. The van der Waals surface area contributed by atoms with Crippen LogP contribution in [-0.4, -0.2) is 57.4 Å². The highest BCUT2D eigenvalue weighted by Crippen LogP contribution is 2.44. The monoisotopic (exact) mass is 554 g/mol. The van der Waals surface area contributed by atoms with Crippen LogP contribution >= 0.6 is 0 Å². The molecule has 0 saturated carbocycles. The first-order chi connectivity index (χ1) is 19.7. The molecule has 214 valence electrons. The zero-order valence-electron chi connectivity index (χ0n) is 24.1. The third-order valence-corrected chi connectivity index (χ3v) is 8.48. The number of carboxylic acids is 1. The second kappa shape index (κ2) is 11.7. The number of carbonyl (C=O) groups is 2. The molecular formula is C33H38N4O4. The fraction of sp³-hybridized carbons (Fsp3) is 0.364. The highest BCUT2D eigenvalue weighted by molar-refractivity contribution is 5.79. The van der Waals surface area contributed by atoms with Gasteiger partial charge in [-0.25, -0.2) is 9.78 Å². The normalized spacial score (nSPS) is 13.6. The van der Waals surface area contributed by atoms with Crippen molar-refractivity contribution in [2.24, 2.45) is 12.5 Å². The molecule has 0 aliphatic heterocycles. The van der Waals surface area contributed by atoms with Gasteiger partial charge in [0.1, 0.15) is 18.5 Å². The summed E-state index contributed by atoms with van der Waals surface area (Å²) in [6, 6.07) is 23.6. The number of fused-ring (bicyclic) bond motifs is 4. The summed E-state index contributed by atoms with van der Waals surface area (Å²) in [4.78, 5) is 32.0. The van der Waals surface area contributed by atoms with E-state index in [0.29, 0.717) is 13.0 Å². The van der Waals surface area contributed by atoms with E-state index in [-0.39, 0.29) is 25.6 Å². The van der Waals surface area contributed by atoms with Gasteiger partial charge in [0.05, 0.1) is 17.6 Å². The smallest absolute Gasteiger partial charge is 0.410 e. The number of carboxylic acid groups (broad SMARTS) is 1. The van der Waals surface area contributed by atoms with Gasteiger partial charge in [-0.05, 0) is 46.2 Å². The Hall–Kier alpha value is -4.17. The van der Waals surface area contributed by atoms with E-state index in [0.717, 1.165) is 28.0 Å². The van der Waals surface area contributed by atoms with Gasteiger partial charge >= 0.3 is 12.1 Å². The van der Waals surface area contributed by atoms with Gasteiger partial charge in [-0.15, -0.1) is 0 Å². The molecule has 5 rings (SSSR count). The Bertz CT molecular complexity index is 1510. The Balaban J connectivity index is 1.35. The summed E-state index contributed by atoms with van der Waals surface area (Å²) in [7, 11) is 1.93. The number of aliphatic carboxylic acids is 1. The molecule has 0 saturated heterocycles. The van der Waals surface area contributed by atoms with Gasteiger partial charge in [-0.3, -0.25) is 9.69 Å². The van der Waals surface area contributed by atoms with Gasteiger partial charge in [-0.1, -0.05) is 81.4 Å². The molecule has 8 heteroatoms. The molecule has 1 atom stereocenters. The Morgan fingerprint density at radius 3 is 2.24 bits per heavy atom. The summed E-state index contributed by atoms with van der Waals surface area (Å²) in [5, 5.41) is 13.0. The number of benzene rings is 3. The van der Waals surface area contributed by atoms with Crippen molar-refractivity contribution >= 4 is 23.1 Å². The van der Waals surface area contributed by atoms with Gasteiger partial charge in [-0.2, -0.15) is 0 Å². The predicted molar refractivity (Wildman–Crippen MR) is 160 cm³/mol. The molecule has 0 unspecified atom stereocenters. The maximum absolute atomic E-state index is 13.6. The fourth-order valence-electron chi connectivity index (χ4n) is 5.67. The molecule has 1 heterocycles. The van der Waals surface area contributed by atoms with Crippen LogP contribution in [0, 0.1) is 5.41 Å². The third kappa shape index (κ3) is 5.70. The van der Waals surface area contributed by atoms with E-state index in [1.165, 1.54) is 11.1 Å². The first kappa shape index (κ1) is 28.4. The lowest BCUT2D eigenvalue weighted by molar-refractivity contribution is -0.142. The predicted octanol–water partition coefficient (Wildman–Crippen LogP) is 5.80. The largest absolute Gasteiger partial charge is 0.480 e. The molecule has 1 amide bonds. The molecule has 0 bridgehead atoms. The van der Waals surface area contributed by atoms with Crippen molar-refractivity contribution in [3.63, 3.8) is 0 Å². The van der Waals surface area contributed by atoms with Crippen molar-refractivity contribution in [2.75, 3.05) is 19.7 Å². The summed E-state index contributed by atoms with van der Waals surface area (Å²) in [5.74, 6) is -0.230. The molecule has 4 aromatic rings. The maximum atomic E-state index is 13.6. The standard InChI is InChI=1S/C33H38N4O4/c1-5-33(2,3)30(31(38)39)34-18-19-37(20-29-35-27-16-10-11-17-28(27)36(29)4)32(40)41-21-26-24-14-8-6-12-22(24)23-13-7-9-15-25(23)26/h6-17,26,30,34H,5,18-21H2,1-4H3,(H,38,39)/t30-/m1/s1. The van der Waals surface area contributed by atoms with Gasteiger partial charge < -0.3 is 19.7 Å².